The van der Waals surface area contributed by atoms with E-state index in [-0.39, 0.29) is 11.4 Å². The number of unbranched alkanes of at least 4 members (excludes halogenated alkanes) is 13. The zero-order valence-corrected chi connectivity index (χ0v) is 22.5. The van der Waals surface area contributed by atoms with Gasteiger partial charge in [0.25, 0.3) is 0 Å². The number of carbonyl (C=O) groups is 1. The summed E-state index contributed by atoms with van der Waals surface area (Å²) in [6.07, 6.45) is 30.2. The maximum Gasteiger partial charge on any atom is 0.312 e. The predicted octanol–water partition coefficient (Wildman–Crippen LogP) is 10.3. The highest BCUT2D eigenvalue weighted by Crippen LogP contribution is 2.38. The van der Waals surface area contributed by atoms with E-state index in [9.17, 15) is 4.79 Å². The fraction of sp³-hybridized carbons (Fsp3) is 0.900. The average molecular weight is 451 g/mol. The van der Waals surface area contributed by atoms with Gasteiger partial charge in [-0.25, -0.2) is 0 Å². The topological polar surface area (TPSA) is 26.3 Å². The highest BCUT2D eigenvalue weighted by molar-refractivity contribution is 5.76. The lowest BCUT2D eigenvalue weighted by molar-refractivity contribution is -0.158. The van der Waals surface area contributed by atoms with Crippen molar-refractivity contribution in [2.75, 3.05) is 6.61 Å². The van der Waals surface area contributed by atoms with Crippen LogP contribution in [-0.2, 0) is 9.53 Å². The highest BCUT2D eigenvalue weighted by Gasteiger charge is 2.38. The number of carbonyl (C=O) groups excluding carboxylic acids is 1. The van der Waals surface area contributed by atoms with Crippen molar-refractivity contribution in [1.29, 1.82) is 0 Å². The molecule has 0 unspecified atom stereocenters. The molecule has 0 aliphatic carbocycles. The summed E-state index contributed by atoms with van der Waals surface area (Å²) >= 11 is 0. The van der Waals surface area contributed by atoms with Gasteiger partial charge in [-0.1, -0.05) is 123 Å². The Morgan fingerprint density at radius 3 is 1.53 bits per heavy atom. The van der Waals surface area contributed by atoms with Gasteiger partial charge in [-0.05, 0) is 51.4 Å². The first-order valence-corrected chi connectivity index (χ1v) is 14.5. The SMILES string of the molecule is CCCCCCCC/C=C\CCCCCCC(CCCC)(CCCC)C(=O)OCCCC. The Balaban J connectivity index is 4.22. The number of allylic oxidation sites excluding steroid dienone is 2. The molecule has 0 atom stereocenters. The Hall–Kier alpha value is -0.790. The van der Waals surface area contributed by atoms with E-state index in [2.05, 4.69) is 39.8 Å². The fourth-order valence-electron chi connectivity index (χ4n) is 4.53. The van der Waals surface area contributed by atoms with Crippen molar-refractivity contribution in [3.05, 3.63) is 12.2 Å². The van der Waals surface area contributed by atoms with E-state index >= 15 is 0 Å². The Kier molecular flexibility index (Phi) is 22.8. The van der Waals surface area contributed by atoms with Crippen LogP contribution in [0.2, 0.25) is 0 Å². The van der Waals surface area contributed by atoms with E-state index in [1.54, 1.807) is 0 Å². The second-order valence-electron chi connectivity index (χ2n) is 9.96. The molecular weight excluding hydrogens is 392 g/mol. The Bertz CT molecular complexity index is 419. The molecule has 0 radical (unpaired) electrons. The third kappa shape index (κ3) is 16.8. The van der Waals surface area contributed by atoms with E-state index in [4.69, 9.17) is 4.74 Å². The van der Waals surface area contributed by atoms with Gasteiger partial charge >= 0.3 is 5.97 Å². The molecule has 0 aromatic carbocycles. The maximum atomic E-state index is 13.1. The summed E-state index contributed by atoms with van der Waals surface area (Å²) in [6, 6.07) is 0. The molecule has 32 heavy (non-hydrogen) atoms. The van der Waals surface area contributed by atoms with Gasteiger partial charge in [0, 0.05) is 0 Å². The van der Waals surface area contributed by atoms with Crippen molar-refractivity contribution in [2.24, 2.45) is 5.41 Å². The van der Waals surface area contributed by atoms with E-state index in [1.165, 1.54) is 70.6 Å². The predicted molar refractivity (Wildman–Crippen MR) is 142 cm³/mol. The van der Waals surface area contributed by atoms with E-state index in [1.807, 2.05) is 0 Å². The summed E-state index contributed by atoms with van der Waals surface area (Å²) < 4.78 is 5.76. The van der Waals surface area contributed by atoms with Crippen LogP contribution in [0.5, 0.6) is 0 Å². The van der Waals surface area contributed by atoms with Gasteiger partial charge in [0.1, 0.15) is 0 Å². The zero-order chi connectivity index (χ0) is 23.8. The zero-order valence-electron chi connectivity index (χ0n) is 22.5. The summed E-state index contributed by atoms with van der Waals surface area (Å²) in [7, 11) is 0. The number of esters is 1. The Morgan fingerprint density at radius 1 is 0.562 bits per heavy atom. The molecule has 0 aliphatic rings. The summed E-state index contributed by atoms with van der Waals surface area (Å²) in [5, 5.41) is 0. The Labute approximate surface area is 202 Å². The van der Waals surface area contributed by atoms with Gasteiger partial charge < -0.3 is 4.74 Å². The average Bonchev–Trinajstić information content (AvgIpc) is 2.80. The second kappa shape index (κ2) is 23.4. The minimum absolute atomic E-state index is 0.102. The molecule has 0 saturated carbocycles. The molecule has 2 nitrogen and oxygen atoms in total. The van der Waals surface area contributed by atoms with Crippen LogP contribution in [-0.4, -0.2) is 12.6 Å². The molecule has 0 spiro atoms. The summed E-state index contributed by atoms with van der Waals surface area (Å²) in [4.78, 5) is 13.1. The number of ether oxygens (including phenoxy) is 1. The maximum absolute atomic E-state index is 13.1. The lowest BCUT2D eigenvalue weighted by Crippen LogP contribution is -2.33. The van der Waals surface area contributed by atoms with E-state index in [0.29, 0.717) is 6.61 Å². The van der Waals surface area contributed by atoms with Crippen LogP contribution in [0.1, 0.15) is 163 Å². The number of hydrogen-bond acceptors (Lipinski definition) is 2. The van der Waals surface area contributed by atoms with Crippen LogP contribution in [0.15, 0.2) is 12.2 Å². The first-order chi connectivity index (χ1) is 15.7. The molecule has 0 N–H and O–H groups in total. The molecule has 190 valence electrons. The van der Waals surface area contributed by atoms with Crippen molar-refractivity contribution in [3.63, 3.8) is 0 Å². The van der Waals surface area contributed by atoms with Crippen molar-refractivity contribution >= 4 is 5.97 Å². The molecular formula is C30H58O2. The normalized spacial score (nSPS) is 12.0. The minimum Gasteiger partial charge on any atom is -0.465 e. The van der Waals surface area contributed by atoms with Gasteiger partial charge in [-0.15, -0.1) is 0 Å². The highest BCUT2D eigenvalue weighted by atomic mass is 16.5. The van der Waals surface area contributed by atoms with Gasteiger partial charge in [-0.3, -0.25) is 4.79 Å². The van der Waals surface area contributed by atoms with Crippen LogP contribution in [0, 0.1) is 5.41 Å². The van der Waals surface area contributed by atoms with Gasteiger partial charge in [0.2, 0.25) is 0 Å². The van der Waals surface area contributed by atoms with E-state index < -0.39 is 0 Å². The minimum atomic E-state index is -0.225. The first-order valence-electron chi connectivity index (χ1n) is 14.5. The van der Waals surface area contributed by atoms with Crippen LogP contribution in [0.25, 0.3) is 0 Å². The quantitative estimate of drug-likeness (QED) is 0.0830. The Morgan fingerprint density at radius 2 is 1.00 bits per heavy atom. The summed E-state index contributed by atoms with van der Waals surface area (Å²) in [6.45, 7) is 9.49. The van der Waals surface area contributed by atoms with Crippen molar-refractivity contribution < 1.29 is 9.53 Å². The lowest BCUT2D eigenvalue weighted by atomic mass is 9.74. The second-order valence-corrected chi connectivity index (χ2v) is 9.96. The molecule has 0 rings (SSSR count). The monoisotopic (exact) mass is 450 g/mol. The van der Waals surface area contributed by atoms with Gasteiger partial charge in [-0.2, -0.15) is 0 Å². The van der Waals surface area contributed by atoms with Crippen molar-refractivity contribution in [1.82, 2.24) is 0 Å². The van der Waals surface area contributed by atoms with Crippen LogP contribution < -0.4 is 0 Å². The molecule has 0 amide bonds. The van der Waals surface area contributed by atoms with Crippen LogP contribution >= 0.6 is 0 Å². The largest absolute Gasteiger partial charge is 0.465 e. The molecule has 0 saturated heterocycles. The van der Waals surface area contributed by atoms with E-state index in [0.717, 1.165) is 64.2 Å². The molecule has 2 heteroatoms. The molecule has 0 heterocycles. The third-order valence-corrected chi connectivity index (χ3v) is 6.85. The smallest absolute Gasteiger partial charge is 0.312 e. The first kappa shape index (κ1) is 31.2. The van der Waals surface area contributed by atoms with Gasteiger partial charge in [0.15, 0.2) is 0 Å². The number of rotatable bonds is 24. The standard InChI is InChI=1S/C30H58O2/c1-5-9-13-14-15-16-17-18-19-20-21-22-23-24-27-30(25-10-6-2,26-11-7-3)29(31)32-28-12-8-4/h18-19H,5-17,20-28H2,1-4H3/b19-18-. The molecule has 0 aromatic heterocycles. The lowest BCUT2D eigenvalue weighted by Gasteiger charge is -2.32. The molecule has 0 aliphatic heterocycles. The van der Waals surface area contributed by atoms with Crippen molar-refractivity contribution in [2.45, 2.75) is 163 Å². The third-order valence-electron chi connectivity index (χ3n) is 6.85. The van der Waals surface area contributed by atoms with Gasteiger partial charge in [0.05, 0.1) is 12.0 Å². The van der Waals surface area contributed by atoms with Crippen LogP contribution in [0.4, 0.5) is 0 Å². The molecule has 0 bridgehead atoms. The van der Waals surface area contributed by atoms with Crippen molar-refractivity contribution in [3.8, 4) is 0 Å². The fourth-order valence-corrected chi connectivity index (χ4v) is 4.53. The molecule has 0 aromatic rings. The van der Waals surface area contributed by atoms with Crippen LogP contribution in [0.3, 0.4) is 0 Å². The summed E-state index contributed by atoms with van der Waals surface area (Å²) in [5.41, 5.74) is -0.225. The molecule has 0 fully saturated rings. The summed E-state index contributed by atoms with van der Waals surface area (Å²) in [5.74, 6) is 0.102. The number of hydrogen-bond donors (Lipinski definition) is 0.